The number of rotatable bonds is 15. The van der Waals surface area contributed by atoms with Crippen molar-refractivity contribution in [2.75, 3.05) is 45.9 Å². The van der Waals surface area contributed by atoms with Crippen LogP contribution in [0.15, 0.2) is 0 Å². The van der Waals surface area contributed by atoms with Gasteiger partial charge in [-0.15, -0.1) is 0 Å². The van der Waals surface area contributed by atoms with Crippen LogP contribution in [0, 0.1) is 58.8 Å². The van der Waals surface area contributed by atoms with E-state index in [2.05, 4.69) is 48.2 Å². The van der Waals surface area contributed by atoms with Gasteiger partial charge in [0.2, 0.25) is 5.91 Å². The number of nitrogens with zero attached hydrogens (tertiary/aromatic N) is 4. The van der Waals surface area contributed by atoms with Crippen molar-refractivity contribution >= 4 is 14.4 Å². The van der Waals surface area contributed by atoms with Gasteiger partial charge >= 0.3 is 34.1 Å². The number of carbonyl (C=O) groups excluding carboxylic acids is 1. The van der Waals surface area contributed by atoms with Gasteiger partial charge in [0.1, 0.15) is 0 Å². The molecular formula is C43H85Fe2N4O3P. The molecule has 4 aliphatic carbocycles. The maximum absolute atomic E-state index is 13.3. The Hall–Kier alpha value is 0.269. The van der Waals surface area contributed by atoms with Gasteiger partial charge in [-0.05, 0) is 84.0 Å². The fraction of sp³-hybridized carbons (Fsp3) is 0.860. The third kappa shape index (κ3) is 25.3. The first-order valence-electron chi connectivity index (χ1n) is 20.1. The van der Waals surface area contributed by atoms with E-state index in [0.29, 0.717) is 50.1 Å². The summed E-state index contributed by atoms with van der Waals surface area (Å²) >= 11 is 0. The molecule has 1 heterocycles. The molecule has 7 nitrogen and oxygen atoms in total. The van der Waals surface area contributed by atoms with Gasteiger partial charge < -0.3 is 43.7 Å². The van der Waals surface area contributed by atoms with Gasteiger partial charge in [0.05, 0.1) is 32.2 Å². The Bertz CT molecular complexity index is 802. The molecule has 1 amide bonds. The Morgan fingerprint density at radius 2 is 1.06 bits per heavy atom. The first kappa shape index (κ1) is 60.0. The molecule has 5 rings (SSSR count). The van der Waals surface area contributed by atoms with Crippen LogP contribution in [0.4, 0.5) is 0 Å². The number of amides is 1. The number of hydrogen-bond acceptors (Lipinski definition) is 6. The summed E-state index contributed by atoms with van der Waals surface area (Å²) in [6, 6.07) is 2.78. The average Bonchev–Trinajstić information content (AvgIpc) is 3.90. The number of carbonyl (C=O) groups is 1. The molecule has 1 atom stereocenters. The van der Waals surface area contributed by atoms with Gasteiger partial charge in [0, 0.05) is 38.3 Å². The van der Waals surface area contributed by atoms with E-state index in [1.165, 1.54) is 116 Å². The van der Waals surface area contributed by atoms with Crippen molar-refractivity contribution in [1.29, 1.82) is 5.26 Å². The van der Waals surface area contributed by atoms with Crippen LogP contribution in [0.1, 0.15) is 163 Å². The summed E-state index contributed by atoms with van der Waals surface area (Å²) in [6.45, 7) is 14.2. The smallest absolute Gasteiger partial charge is 0.358 e. The fourth-order valence-corrected chi connectivity index (χ4v) is 9.89. The van der Waals surface area contributed by atoms with Crippen LogP contribution >= 0.6 is 8.53 Å². The minimum Gasteiger partial charge on any atom is -0.358 e. The van der Waals surface area contributed by atoms with Crippen molar-refractivity contribution in [3.05, 3.63) is 29.7 Å². The molecule has 5 fully saturated rings. The van der Waals surface area contributed by atoms with Crippen molar-refractivity contribution in [1.82, 2.24) is 14.5 Å². The molecule has 5 aliphatic rings. The third-order valence-corrected chi connectivity index (χ3v) is 13.0. The largest absolute Gasteiger partial charge is 2.00 e. The number of likely N-dealkylation sites (tertiary alicyclic amines) is 1. The second-order valence-electron chi connectivity index (χ2n) is 15.7. The Balaban J connectivity index is -0.000000648. The Kier molecular flexibility index (Phi) is 41.4. The van der Waals surface area contributed by atoms with Gasteiger partial charge in [0.25, 0.3) is 8.53 Å². The third-order valence-electron chi connectivity index (χ3n) is 10.9. The summed E-state index contributed by atoms with van der Waals surface area (Å²) in [6.07, 6.45) is 28.2. The Morgan fingerprint density at radius 1 is 0.660 bits per heavy atom. The molecule has 0 aromatic carbocycles. The normalized spacial score (nSPS) is 19.3. The minimum absolute atomic E-state index is 0. The summed E-state index contributed by atoms with van der Waals surface area (Å²) in [5, 5.41) is 8.92. The summed E-state index contributed by atoms with van der Waals surface area (Å²) in [5.41, 5.74) is 0. The molecule has 0 N–H and O–H groups in total. The molecule has 0 spiro atoms. The second kappa shape index (κ2) is 36.6. The van der Waals surface area contributed by atoms with Gasteiger partial charge in [-0.25, -0.2) is 4.67 Å². The van der Waals surface area contributed by atoms with Crippen LogP contribution in [0.3, 0.4) is 0 Å². The molecule has 1 aliphatic heterocycles. The van der Waals surface area contributed by atoms with Gasteiger partial charge in [0.15, 0.2) is 0 Å². The number of nitriles is 1. The number of hydrogen-bond donors (Lipinski definition) is 0. The predicted octanol–water partition coefficient (Wildman–Crippen LogP) is 11.9. The standard InChI is InChI=1S/C29H53N4O3P.2C5H10.4CH3.2Fe/c1-24(2)33(25(3)4)37(35-19-9-16-30)36-23-28-14-17-32(18-15-28)29(34)22-31(20-26-10-5-6-11-26)21-27-12-7-8-13-27;2*1-2-4-5-3-1;;;;;;/h24-28H,5-15,17-23H2,1-4H3;2*1-5H2;4*1H3;;/q;;;4*-1;2*+2. The van der Waals surface area contributed by atoms with Crippen molar-refractivity contribution in [3.8, 4) is 6.07 Å². The molecule has 0 aromatic heterocycles. The first-order chi connectivity index (χ1) is 22.9. The van der Waals surface area contributed by atoms with E-state index >= 15 is 0 Å². The Labute approximate surface area is 354 Å². The molecule has 1 saturated heterocycles. The van der Waals surface area contributed by atoms with Crippen LogP contribution in [0.25, 0.3) is 0 Å². The summed E-state index contributed by atoms with van der Waals surface area (Å²) in [4.78, 5) is 17.9. The topological polar surface area (TPSA) is 69.0 Å². The van der Waals surface area contributed by atoms with E-state index in [1.54, 1.807) is 0 Å². The van der Waals surface area contributed by atoms with Crippen LogP contribution < -0.4 is 0 Å². The fourth-order valence-electron chi connectivity index (χ4n) is 8.21. The van der Waals surface area contributed by atoms with E-state index in [0.717, 1.165) is 50.9 Å². The van der Waals surface area contributed by atoms with Gasteiger partial charge in [-0.3, -0.25) is 9.69 Å². The van der Waals surface area contributed by atoms with Gasteiger partial charge in [-0.1, -0.05) is 89.9 Å². The average molecular weight is 849 g/mol. The van der Waals surface area contributed by atoms with Crippen molar-refractivity contribution in [2.24, 2.45) is 17.8 Å². The van der Waals surface area contributed by atoms with E-state index in [4.69, 9.17) is 14.3 Å². The van der Waals surface area contributed by atoms with Crippen LogP contribution in [0.5, 0.6) is 0 Å². The molecule has 10 heteroatoms. The second-order valence-corrected chi connectivity index (χ2v) is 17.2. The van der Waals surface area contributed by atoms with Crippen molar-refractivity contribution < 1.29 is 48.0 Å². The zero-order valence-corrected chi connectivity index (χ0v) is 39.0. The summed E-state index contributed by atoms with van der Waals surface area (Å²) < 4.78 is 14.7. The van der Waals surface area contributed by atoms with E-state index < -0.39 is 8.53 Å². The summed E-state index contributed by atoms with van der Waals surface area (Å²) in [7, 11) is -1.19. The maximum Gasteiger partial charge on any atom is 2.00 e. The van der Waals surface area contributed by atoms with E-state index in [-0.39, 0.29) is 63.8 Å². The molecule has 53 heavy (non-hydrogen) atoms. The SMILES string of the molecule is C1CCCC1.C1CCCC1.CC(C)N(C(C)C)P(OCCC#N)OCC1CCN(C(=O)CN(CC2CCCC2)CC2CCCC2)CC1.[CH3-].[CH3-].[CH3-].[CH3-].[Fe+2].[Fe+2]. The minimum atomic E-state index is -1.19. The Morgan fingerprint density at radius 3 is 1.42 bits per heavy atom. The summed E-state index contributed by atoms with van der Waals surface area (Å²) in [5.74, 6) is 2.35. The first-order valence-corrected chi connectivity index (χ1v) is 21.2. The quantitative estimate of drug-likeness (QED) is 0.0708. The zero-order chi connectivity index (χ0) is 33.7. The van der Waals surface area contributed by atoms with Crippen LogP contribution in [-0.4, -0.2) is 78.4 Å². The van der Waals surface area contributed by atoms with Gasteiger partial charge in [-0.2, -0.15) is 5.26 Å². The molecule has 1 unspecified atom stereocenters. The van der Waals surface area contributed by atoms with Crippen LogP contribution in [0.2, 0.25) is 0 Å². The molecule has 316 valence electrons. The molecular weight excluding hydrogens is 763 g/mol. The molecule has 0 aromatic rings. The monoisotopic (exact) mass is 849 g/mol. The van der Waals surface area contributed by atoms with Crippen molar-refractivity contribution in [3.63, 3.8) is 0 Å². The van der Waals surface area contributed by atoms with Crippen LogP contribution in [-0.2, 0) is 48.0 Å². The van der Waals surface area contributed by atoms with Crippen molar-refractivity contribution in [2.45, 2.75) is 175 Å². The molecule has 0 radical (unpaired) electrons. The molecule has 4 saturated carbocycles. The van der Waals surface area contributed by atoms with E-state index in [1.807, 2.05) is 0 Å². The number of piperidine rings is 1. The maximum atomic E-state index is 13.3. The van der Waals surface area contributed by atoms with E-state index in [9.17, 15) is 4.79 Å². The zero-order valence-electron chi connectivity index (χ0n) is 35.9. The predicted molar refractivity (Wildman–Crippen MR) is 223 cm³/mol. The molecule has 0 bridgehead atoms.